The summed E-state index contributed by atoms with van der Waals surface area (Å²) in [6.07, 6.45) is 3.88. The van der Waals surface area contributed by atoms with Gasteiger partial charge in [-0.3, -0.25) is 34.1 Å². The van der Waals surface area contributed by atoms with Gasteiger partial charge in [-0.05, 0) is 92.8 Å². The van der Waals surface area contributed by atoms with E-state index in [1.807, 2.05) is 0 Å². The van der Waals surface area contributed by atoms with Crippen LogP contribution in [0.4, 0.5) is 15.8 Å². The van der Waals surface area contributed by atoms with Crippen LogP contribution in [0.2, 0.25) is 0 Å². The SMILES string of the molecule is COc1ccc2c(c1)c(=O)c(C(=O)Nc1ccc(Oc3ncnc4cc(OCCCCCC(=O)Nc5ccc6c(c5)CN(C5CCC(=O)NC5=O)C6=O)c(OC)cc34)c(F)c1)c(C)n2C. The number of nitrogens with one attached hydrogen (secondary N) is 3. The molecule has 0 aliphatic carbocycles. The number of ether oxygens (including phenoxy) is 4. The van der Waals surface area contributed by atoms with E-state index in [0.717, 1.165) is 6.07 Å². The molecular formula is C47H44FN7O10. The molecule has 4 aromatic carbocycles. The summed E-state index contributed by atoms with van der Waals surface area (Å²) in [5, 5.41) is 8.52. The number of hydrogen-bond donors (Lipinski definition) is 3. The maximum Gasteiger partial charge on any atom is 0.261 e. The molecule has 0 saturated carbocycles. The van der Waals surface area contributed by atoms with Crippen molar-refractivity contribution in [1.29, 1.82) is 0 Å². The number of halogens is 1. The van der Waals surface area contributed by atoms with Crippen LogP contribution in [-0.2, 0) is 28.0 Å². The van der Waals surface area contributed by atoms with E-state index in [0.29, 0.717) is 87.4 Å². The monoisotopic (exact) mass is 885 g/mol. The van der Waals surface area contributed by atoms with Crippen molar-refractivity contribution < 1.29 is 47.3 Å². The number of amides is 5. The Morgan fingerprint density at radius 2 is 1.66 bits per heavy atom. The van der Waals surface area contributed by atoms with E-state index >= 15 is 4.39 Å². The third-order valence-electron chi connectivity index (χ3n) is 11.5. The Morgan fingerprint density at radius 3 is 2.43 bits per heavy atom. The smallest absolute Gasteiger partial charge is 0.261 e. The summed E-state index contributed by atoms with van der Waals surface area (Å²) >= 11 is 0. The molecular weight excluding hydrogens is 842 g/mol. The number of fused-ring (bicyclic) bond motifs is 3. The number of carbonyl (C=O) groups is 5. The number of pyridine rings is 1. The quantitative estimate of drug-likeness (QED) is 0.0764. The molecule has 2 aromatic heterocycles. The summed E-state index contributed by atoms with van der Waals surface area (Å²) in [5.74, 6) is -1.69. The molecule has 1 saturated heterocycles. The van der Waals surface area contributed by atoms with Gasteiger partial charge in [-0.1, -0.05) is 0 Å². The normalized spacial score (nSPS) is 14.6. The lowest BCUT2D eigenvalue weighted by Gasteiger charge is -2.29. The Hall–Kier alpha value is -7.89. The van der Waals surface area contributed by atoms with E-state index in [9.17, 15) is 28.8 Å². The molecule has 5 amide bonds. The lowest BCUT2D eigenvalue weighted by Crippen LogP contribution is -2.52. The number of aryl methyl sites for hydroxylation is 1. The molecule has 65 heavy (non-hydrogen) atoms. The van der Waals surface area contributed by atoms with Gasteiger partial charge in [0.2, 0.25) is 29.0 Å². The number of aromatic nitrogens is 3. The standard InChI is InChI=1S/C47H44FN7O10/c1-25-42(43(58)32-20-29(62-3)11-13-35(32)54(25)2)45(60)52-28-10-15-37(33(48)19-28)65-46-31-21-38(63-4)39(22-34(31)49-24-50-46)64-17-7-5-6-8-40(56)51-27-9-12-30-26(18-27)23-55(47(30)61)36-14-16-41(57)53-44(36)59/h9-13,15,18-22,24,36H,5-8,14,16-17,23H2,1-4H3,(H,51,56)(H,52,60)(H,53,57,59). The van der Waals surface area contributed by atoms with Gasteiger partial charge in [-0.25, -0.2) is 14.4 Å². The molecule has 0 radical (unpaired) electrons. The van der Waals surface area contributed by atoms with Gasteiger partial charge in [-0.15, -0.1) is 0 Å². The lowest BCUT2D eigenvalue weighted by molar-refractivity contribution is -0.137. The van der Waals surface area contributed by atoms with Crippen LogP contribution in [0.1, 0.15) is 70.5 Å². The van der Waals surface area contributed by atoms with Crippen LogP contribution in [-0.4, -0.2) is 75.8 Å². The number of rotatable bonds is 15. The summed E-state index contributed by atoms with van der Waals surface area (Å²) in [5.41, 5.74) is 2.74. The van der Waals surface area contributed by atoms with Gasteiger partial charge >= 0.3 is 0 Å². The van der Waals surface area contributed by atoms with Crippen LogP contribution in [0.5, 0.6) is 28.9 Å². The molecule has 4 heterocycles. The van der Waals surface area contributed by atoms with Gasteiger partial charge < -0.3 is 39.0 Å². The molecule has 1 atom stereocenters. The number of imide groups is 1. The topological polar surface area (TPSA) is 209 Å². The zero-order chi connectivity index (χ0) is 45.9. The molecule has 17 nitrogen and oxygen atoms in total. The van der Waals surface area contributed by atoms with Gasteiger partial charge in [0.05, 0.1) is 42.6 Å². The van der Waals surface area contributed by atoms with Crippen molar-refractivity contribution in [1.82, 2.24) is 24.8 Å². The van der Waals surface area contributed by atoms with E-state index in [1.54, 1.807) is 67.1 Å². The van der Waals surface area contributed by atoms with Crippen molar-refractivity contribution in [3.63, 3.8) is 0 Å². The fourth-order valence-electron chi connectivity index (χ4n) is 8.01. The first-order chi connectivity index (χ1) is 31.3. The van der Waals surface area contributed by atoms with Crippen LogP contribution in [0.3, 0.4) is 0 Å². The first-order valence-corrected chi connectivity index (χ1v) is 20.8. The van der Waals surface area contributed by atoms with Crippen LogP contribution in [0.25, 0.3) is 21.8 Å². The van der Waals surface area contributed by atoms with Gasteiger partial charge in [0.15, 0.2) is 23.1 Å². The van der Waals surface area contributed by atoms with Gasteiger partial charge in [0.1, 0.15) is 23.7 Å². The van der Waals surface area contributed by atoms with Crippen LogP contribution < -0.4 is 40.3 Å². The Morgan fingerprint density at radius 1 is 0.862 bits per heavy atom. The highest BCUT2D eigenvalue weighted by Gasteiger charge is 2.39. The number of unbranched alkanes of at least 4 members (excludes halogenated alkanes) is 2. The number of anilines is 2. The largest absolute Gasteiger partial charge is 0.497 e. The molecule has 3 N–H and O–H groups in total. The molecule has 1 fully saturated rings. The average Bonchev–Trinajstić information content (AvgIpc) is 3.61. The minimum absolute atomic E-state index is 0.0436. The second-order valence-corrected chi connectivity index (χ2v) is 15.6. The number of carbonyl (C=O) groups excluding carboxylic acids is 5. The highest BCUT2D eigenvalue weighted by atomic mass is 19.1. The Labute approximate surface area is 370 Å². The fraction of sp³-hybridized carbons (Fsp3) is 0.277. The average molecular weight is 886 g/mol. The first kappa shape index (κ1) is 43.7. The minimum Gasteiger partial charge on any atom is -0.497 e. The third-order valence-corrected chi connectivity index (χ3v) is 11.5. The summed E-state index contributed by atoms with van der Waals surface area (Å²) in [6, 6.07) is 16.5. The zero-order valence-electron chi connectivity index (χ0n) is 35.9. The molecule has 334 valence electrons. The van der Waals surface area contributed by atoms with Crippen molar-refractivity contribution in [2.45, 2.75) is 58.0 Å². The second kappa shape index (κ2) is 18.4. The molecule has 2 aliphatic heterocycles. The van der Waals surface area contributed by atoms with Crippen molar-refractivity contribution in [3.05, 3.63) is 111 Å². The van der Waals surface area contributed by atoms with Gasteiger partial charge in [-0.2, -0.15) is 0 Å². The maximum absolute atomic E-state index is 15.5. The van der Waals surface area contributed by atoms with Crippen LogP contribution in [0, 0.1) is 12.7 Å². The van der Waals surface area contributed by atoms with Crippen molar-refractivity contribution >= 4 is 62.7 Å². The number of piperidine rings is 1. The van der Waals surface area contributed by atoms with E-state index in [1.165, 1.54) is 37.6 Å². The molecule has 0 bridgehead atoms. The number of benzene rings is 4. The van der Waals surface area contributed by atoms with Crippen LogP contribution >= 0.6 is 0 Å². The zero-order valence-corrected chi connectivity index (χ0v) is 35.9. The van der Waals surface area contributed by atoms with E-state index in [4.69, 9.17) is 18.9 Å². The first-order valence-electron chi connectivity index (χ1n) is 20.8. The summed E-state index contributed by atoms with van der Waals surface area (Å²) < 4.78 is 40.1. The molecule has 0 spiro atoms. The molecule has 1 unspecified atom stereocenters. The predicted molar refractivity (Wildman–Crippen MR) is 236 cm³/mol. The molecule has 8 rings (SSSR count). The summed E-state index contributed by atoms with van der Waals surface area (Å²) in [4.78, 5) is 86.6. The molecule has 18 heteroatoms. The number of nitrogens with zero attached hydrogens (tertiary/aromatic N) is 4. The molecule has 6 aromatic rings. The molecule has 2 aliphatic rings. The fourth-order valence-corrected chi connectivity index (χ4v) is 8.01. The second-order valence-electron chi connectivity index (χ2n) is 15.6. The Balaban J connectivity index is 0.837. The van der Waals surface area contributed by atoms with Crippen LogP contribution in [0.15, 0.2) is 77.9 Å². The van der Waals surface area contributed by atoms with Gasteiger partial charge in [0, 0.05) is 61.2 Å². The maximum atomic E-state index is 15.5. The van der Waals surface area contributed by atoms with E-state index < -0.39 is 29.1 Å². The van der Waals surface area contributed by atoms with Crippen molar-refractivity contribution in [2.24, 2.45) is 7.05 Å². The van der Waals surface area contributed by atoms with Crippen molar-refractivity contribution in [3.8, 4) is 28.9 Å². The Bertz CT molecular complexity index is 2990. The summed E-state index contributed by atoms with van der Waals surface area (Å²) in [6.45, 7) is 2.19. The number of hydrogen-bond acceptors (Lipinski definition) is 12. The highest BCUT2D eigenvalue weighted by Crippen LogP contribution is 2.37. The highest BCUT2D eigenvalue weighted by molar-refractivity contribution is 6.07. The summed E-state index contributed by atoms with van der Waals surface area (Å²) in [7, 11) is 4.71. The van der Waals surface area contributed by atoms with E-state index in [2.05, 4.69) is 25.9 Å². The number of methoxy groups -OCH3 is 2. The predicted octanol–water partition coefficient (Wildman–Crippen LogP) is 6.33. The third kappa shape index (κ3) is 9.00. The Kier molecular flexibility index (Phi) is 12.4. The minimum atomic E-state index is -0.798. The lowest BCUT2D eigenvalue weighted by atomic mass is 10.0. The van der Waals surface area contributed by atoms with E-state index in [-0.39, 0.29) is 66.4 Å². The van der Waals surface area contributed by atoms with Gasteiger partial charge in [0.25, 0.3) is 11.8 Å². The van der Waals surface area contributed by atoms with Crippen molar-refractivity contribution in [2.75, 3.05) is 31.5 Å².